The van der Waals surface area contributed by atoms with Crippen molar-refractivity contribution in [3.63, 3.8) is 0 Å². The monoisotopic (exact) mass is 626 g/mol. The van der Waals surface area contributed by atoms with Gasteiger partial charge in [-0.1, -0.05) is 13.8 Å². The topological polar surface area (TPSA) is 128 Å². The van der Waals surface area contributed by atoms with Gasteiger partial charge in [-0.2, -0.15) is 0 Å². The third kappa shape index (κ3) is 9.13. The summed E-state index contributed by atoms with van der Waals surface area (Å²) >= 11 is 6.99. The molecule has 0 aliphatic heterocycles. The highest BCUT2D eigenvalue weighted by atomic mass is 79.9. The lowest BCUT2D eigenvalue weighted by Gasteiger charge is -2.24. The summed E-state index contributed by atoms with van der Waals surface area (Å²) in [5.41, 5.74) is 5.90. The van der Waals surface area contributed by atoms with Crippen molar-refractivity contribution in [3.05, 3.63) is 50.4 Å². The SMILES string of the molecule is CC(C)c1cc(Oc2c(Br)cc(CC(=O)N[C@@H](CCC(N)=O)C(=O)OC(C)(C)C)cc2Br)ccc1O. The Morgan fingerprint density at radius 2 is 1.69 bits per heavy atom. The van der Waals surface area contributed by atoms with Crippen LogP contribution < -0.4 is 15.8 Å². The van der Waals surface area contributed by atoms with Crippen molar-refractivity contribution in [2.45, 2.75) is 71.4 Å². The van der Waals surface area contributed by atoms with Crippen LogP contribution in [0.25, 0.3) is 0 Å². The number of phenolic OH excluding ortho intramolecular Hbond substituents is 1. The van der Waals surface area contributed by atoms with E-state index in [-0.39, 0.29) is 30.9 Å². The summed E-state index contributed by atoms with van der Waals surface area (Å²) in [5, 5.41) is 12.7. The van der Waals surface area contributed by atoms with E-state index in [9.17, 15) is 19.5 Å². The average molecular weight is 628 g/mol. The van der Waals surface area contributed by atoms with Crippen LogP contribution in [0.1, 0.15) is 64.5 Å². The van der Waals surface area contributed by atoms with Crippen LogP contribution in [0.2, 0.25) is 0 Å². The minimum atomic E-state index is -0.997. The molecule has 0 radical (unpaired) electrons. The predicted octanol–water partition coefficient (Wildman–Crippen LogP) is 5.47. The van der Waals surface area contributed by atoms with E-state index in [1.807, 2.05) is 13.8 Å². The maximum atomic E-state index is 12.7. The van der Waals surface area contributed by atoms with E-state index in [4.69, 9.17) is 15.2 Å². The molecule has 10 heteroatoms. The first kappa shape index (κ1) is 29.6. The summed E-state index contributed by atoms with van der Waals surface area (Å²) in [6.07, 6.45) is -0.0473. The highest BCUT2D eigenvalue weighted by Crippen LogP contribution is 2.39. The Morgan fingerprint density at radius 1 is 1.08 bits per heavy atom. The Bertz CT molecular complexity index is 1100. The largest absolute Gasteiger partial charge is 0.508 e. The van der Waals surface area contributed by atoms with E-state index < -0.39 is 29.4 Å². The van der Waals surface area contributed by atoms with Crippen molar-refractivity contribution in [3.8, 4) is 17.2 Å². The number of hydrogen-bond acceptors (Lipinski definition) is 6. The van der Waals surface area contributed by atoms with Gasteiger partial charge in [-0.25, -0.2) is 4.79 Å². The molecule has 0 fully saturated rings. The number of primary amides is 1. The zero-order chi connectivity index (χ0) is 27.2. The Labute approximate surface area is 228 Å². The minimum absolute atomic E-state index is 0.0238. The number of nitrogens with two attached hydrogens (primary N) is 1. The van der Waals surface area contributed by atoms with Crippen LogP contribution in [0.3, 0.4) is 0 Å². The van der Waals surface area contributed by atoms with Crippen LogP contribution in [-0.2, 0) is 25.5 Å². The van der Waals surface area contributed by atoms with Crippen molar-refractivity contribution in [1.82, 2.24) is 5.32 Å². The maximum absolute atomic E-state index is 12.7. The fraction of sp³-hybridized carbons (Fsp3) is 0.423. The number of carbonyl (C=O) groups is 3. The number of halogens is 2. The van der Waals surface area contributed by atoms with Gasteiger partial charge in [0.25, 0.3) is 0 Å². The molecule has 0 unspecified atom stereocenters. The van der Waals surface area contributed by atoms with Gasteiger partial charge in [-0.15, -0.1) is 0 Å². The van der Waals surface area contributed by atoms with Gasteiger partial charge in [0.1, 0.15) is 23.1 Å². The fourth-order valence-electron chi connectivity index (χ4n) is 3.33. The lowest BCUT2D eigenvalue weighted by Crippen LogP contribution is -2.45. The molecule has 0 bridgehead atoms. The summed E-state index contributed by atoms with van der Waals surface area (Å²) in [6, 6.07) is 7.53. The Morgan fingerprint density at radius 3 is 2.22 bits per heavy atom. The van der Waals surface area contributed by atoms with Gasteiger partial charge in [-0.05, 0) is 101 Å². The Balaban J connectivity index is 2.16. The molecule has 2 aromatic carbocycles. The molecule has 2 rings (SSSR count). The highest BCUT2D eigenvalue weighted by Gasteiger charge is 2.27. The van der Waals surface area contributed by atoms with Crippen molar-refractivity contribution < 1.29 is 29.0 Å². The molecule has 0 heterocycles. The van der Waals surface area contributed by atoms with Gasteiger partial charge in [0.15, 0.2) is 5.75 Å². The molecule has 2 amide bonds. The number of ether oxygens (including phenoxy) is 2. The third-order valence-electron chi connectivity index (χ3n) is 4.97. The summed E-state index contributed by atoms with van der Waals surface area (Å²) in [5.74, 6) is -0.229. The van der Waals surface area contributed by atoms with Crippen LogP contribution in [-0.4, -0.2) is 34.5 Å². The molecule has 0 spiro atoms. The second kappa shape index (κ2) is 12.6. The first-order chi connectivity index (χ1) is 16.7. The number of aromatic hydroxyl groups is 1. The van der Waals surface area contributed by atoms with Gasteiger partial charge in [0.2, 0.25) is 11.8 Å². The molecule has 0 aromatic heterocycles. The minimum Gasteiger partial charge on any atom is -0.508 e. The first-order valence-electron chi connectivity index (χ1n) is 11.5. The van der Waals surface area contributed by atoms with Crippen molar-refractivity contribution in [2.75, 3.05) is 0 Å². The number of phenols is 1. The lowest BCUT2D eigenvalue weighted by molar-refractivity contribution is -0.158. The van der Waals surface area contributed by atoms with E-state index in [0.29, 0.717) is 26.0 Å². The number of hydrogen-bond donors (Lipinski definition) is 3. The second-order valence-electron chi connectivity index (χ2n) is 9.70. The standard InChI is InChI=1S/C26H32Br2N2O6/c1-14(2)17-13-16(6-8-21(17)31)35-24-18(27)10-15(11-19(24)28)12-23(33)30-20(7-9-22(29)32)25(34)36-26(3,4)5/h6,8,10-11,13-14,20,31H,7,9,12H2,1-5H3,(H2,29,32)(H,30,33)/t20-/m0/s1. The number of nitrogens with one attached hydrogen (secondary N) is 1. The quantitative estimate of drug-likeness (QED) is 0.300. The van der Waals surface area contributed by atoms with Gasteiger partial charge in [0.05, 0.1) is 15.4 Å². The zero-order valence-electron chi connectivity index (χ0n) is 21.0. The molecule has 0 saturated carbocycles. The van der Waals surface area contributed by atoms with Crippen LogP contribution in [0, 0.1) is 0 Å². The molecule has 0 aliphatic rings. The number of rotatable bonds is 10. The fourth-order valence-corrected chi connectivity index (χ4v) is 4.77. The smallest absolute Gasteiger partial charge is 0.329 e. The Kier molecular flexibility index (Phi) is 10.4. The van der Waals surface area contributed by atoms with Gasteiger partial charge in [0, 0.05) is 12.0 Å². The number of amides is 2. The van der Waals surface area contributed by atoms with E-state index in [1.165, 1.54) is 0 Å². The third-order valence-corrected chi connectivity index (χ3v) is 6.15. The van der Waals surface area contributed by atoms with E-state index >= 15 is 0 Å². The molecule has 2 aromatic rings. The number of carbonyl (C=O) groups excluding carboxylic acids is 3. The van der Waals surface area contributed by atoms with Crippen LogP contribution in [0.5, 0.6) is 17.2 Å². The molecule has 196 valence electrons. The summed E-state index contributed by atoms with van der Waals surface area (Å²) in [7, 11) is 0. The molecule has 36 heavy (non-hydrogen) atoms. The summed E-state index contributed by atoms with van der Waals surface area (Å²) < 4.78 is 12.6. The lowest BCUT2D eigenvalue weighted by atomic mass is 10.0. The highest BCUT2D eigenvalue weighted by molar-refractivity contribution is 9.11. The molecular formula is C26H32Br2N2O6. The van der Waals surface area contributed by atoms with Crippen molar-refractivity contribution >= 4 is 49.6 Å². The summed E-state index contributed by atoms with van der Waals surface area (Å²) in [4.78, 5) is 36.5. The van der Waals surface area contributed by atoms with Crippen molar-refractivity contribution in [2.24, 2.45) is 5.73 Å². The molecule has 0 aliphatic carbocycles. The molecular weight excluding hydrogens is 596 g/mol. The normalized spacial score (nSPS) is 12.2. The molecule has 8 nitrogen and oxygen atoms in total. The number of benzene rings is 2. The van der Waals surface area contributed by atoms with Crippen molar-refractivity contribution in [1.29, 1.82) is 0 Å². The maximum Gasteiger partial charge on any atom is 0.329 e. The van der Waals surface area contributed by atoms with Crippen LogP contribution in [0.15, 0.2) is 39.3 Å². The van der Waals surface area contributed by atoms with Crippen LogP contribution in [0.4, 0.5) is 0 Å². The van der Waals surface area contributed by atoms with E-state index in [2.05, 4.69) is 37.2 Å². The predicted molar refractivity (Wildman–Crippen MR) is 144 cm³/mol. The number of esters is 1. The molecule has 1 atom stereocenters. The second-order valence-corrected chi connectivity index (χ2v) is 11.4. The van der Waals surface area contributed by atoms with Gasteiger partial charge < -0.3 is 25.6 Å². The Hall–Kier alpha value is -2.59. The van der Waals surface area contributed by atoms with E-state index in [1.54, 1.807) is 51.1 Å². The first-order valence-corrected chi connectivity index (χ1v) is 13.0. The van der Waals surface area contributed by atoms with Gasteiger partial charge in [-0.3, -0.25) is 9.59 Å². The summed E-state index contributed by atoms with van der Waals surface area (Å²) in [6.45, 7) is 9.12. The molecule has 0 saturated heterocycles. The molecule has 4 N–H and O–H groups in total. The zero-order valence-corrected chi connectivity index (χ0v) is 24.2. The van der Waals surface area contributed by atoms with Gasteiger partial charge >= 0.3 is 5.97 Å². The van der Waals surface area contributed by atoms with E-state index in [0.717, 1.165) is 5.56 Å². The average Bonchev–Trinajstić information content (AvgIpc) is 2.73. The van der Waals surface area contributed by atoms with Crippen LogP contribution >= 0.6 is 31.9 Å².